The number of hydrogen-bond donors (Lipinski definition) is 1. The molecule has 2 aromatic carbocycles. The lowest BCUT2D eigenvalue weighted by Gasteiger charge is -2.20. The molecule has 8 heteroatoms. The van der Waals surface area contributed by atoms with Gasteiger partial charge < -0.3 is 4.74 Å². The van der Waals surface area contributed by atoms with Gasteiger partial charge in [0.15, 0.2) is 5.84 Å². The third-order valence-electron chi connectivity index (χ3n) is 4.49. The van der Waals surface area contributed by atoms with Gasteiger partial charge in [0, 0.05) is 11.5 Å². The van der Waals surface area contributed by atoms with E-state index in [2.05, 4.69) is 10.1 Å². The zero-order valence-corrected chi connectivity index (χ0v) is 17.2. The summed E-state index contributed by atoms with van der Waals surface area (Å²) < 4.78 is 19.0. The standard InChI is InChI=1S/C22H19FN4O2S/c1-13(2)21-26-27-19(24)17(20(28)25-22(27)30-21)11-15-5-3-4-6-18(15)29-12-14-7-9-16(23)10-8-14/h3-11,13,24H,12H2,1-2H3/b17-11-,24-19?. The minimum absolute atomic E-state index is 0.0125. The van der Waals surface area contributed by atoms with Crippen LogP contribution in [0.4, 0.5) is 4.39 Å². The van der Waals surface area contributed by atoms with Gasteiger partial charge in [-0.15, -0.1) is 0 Å². The van der Waals surface area contributed by atoms with Crippen LogP contribution in [0.3, 0.4) is 0 Å². The van der Waals surface area contributed by atoms with Gasteiger partial charge >= 0.3 is 0 Å². The van der Waals surface area contributed by atoms with E-state index in [1.807, 2.05) is 26.0 Å². The molecule has 2 heterocycles. The maximum atomic E-state index is 13.1. The summed E-state index contributed by atoms with van der Waals surface area (Å²) in [6.45, 7) is 4.25. The maximum absolute atomic E-state index is 13.1. The second kappa shape index (κ2) is 8.23. The van der Waals surface area contributed by atoms with Crippen molar-refractivity contribution in [3.63, 3.8) is 0 Å². The number of hydrogen-bond acceptors (Lipinski definition) is 5. The molecule has 2 aromatic rings. The number of aliphatic imine (C=N–C) groups is 1. The zero-order chi connectivity index (χ0) is 21.3. The Labute approximate surface area is 177 Å². The van der Waals surface area contributed by atoms with Crippen LogP contribution in [0.25, 0.3) is 6.08 Å². The number of ether oxygens (including phenoxy) is 1. The number of carbonyl (C=O) groups excluding carboxylic acids is 1. The molecule has 0 spiro atoms. The molecular weight excluding hydrogens is 403 g/mol. The maximum Gasteiger partial charge on any atom is 0.283 e. The average molecular weight is 422 g/mol. The fraction of sp³-hybridized carbons (Fsp3) is 0.182. The van der Waals surface area contributed by atoms with Crippen molar-refractivity contribution in [1.82, 2.24) is 5.01 Å². The fourth-order valence-corrected chi connectivity index (χ4v) is 3.76. The van der Waals surface area contributed by atoms with Crippen molar-refractivity contribution in [2.45, 2.75) is 20.5 Å². The molecule has 0 saturated carbocycles. The van der Waals surface area contributed by atoms with Crippen LogP contribution in [0.15, 0.2) is 64.2 Å². The number of amidine groups is 2. The van der Waals surface area contributed by atoms with E-state index in [0.29, 0.717) is 16.5 Å². The van der Waals surface area contributed by atoms with Crippen molar-refractivity contribution in [3.05, 3.63) is 71.0 Å². The van der Waals surface area contributed by atoms with E-state index in [-0.39, 0.29) is 29.8 Å². The highest BCUT2D eigenvalue weighted by Gasteiger charge is 2.36. The summed E-state index contributed by atoms with van der Waals surface area (Å²) >= 11 is 1.31. The molecule has 1 amide bonds. The molecule has 152 valence electrons. The minimum Gasteiger partial charge on any atom is -0.488 e. The molecule has 0 saturated heterocycles. The number of nitrogens with zero attached hydrogens (tertiary/aromatic N) is 3. The van der Waals surface area contributed by atoms with Gasteiger partial charge in [0.25, 0.3) is 5.91 Å². The molecule has 0 fully saturated rings. The van der Waals surface area contributed by atoms with Gasteiger partial charge in [-0.25, -0.2) is 4.39 Å². The highest BCUT2D eigenvalue weighted by Crippen LogP contribution is 2.31. The highest BCUT2D eigenvalue weighted by molar-refractivity contribution is 8.27. The molecule has 0 unspecified atom stereocenters. The van der Waals surface area contributed by atoms with E-state index in [4.69, 9.17) is 10.1 Å². The Hall–Kier alpha value is -3.26. The molecule has 0 radical (unpaired) electrons. The average Bonchev–Trinajstić information content (AvgIpc) is 3.16. The zero-order valence-electron chi connectivity index (χ0n) is 16.4. The summed E-state index contributed by atoms with van der Waals surface area (Å²) in [6.07, 6.45) is 1.60. The molecule has 4 rings (SSSR count). The second-order valence-electron chi connectivity index (χ2n) is 7.07. The first kappa shape index (κ1) is 20.0. The summed E-state index contributed by atoms with van der Waals surface area (Å²) in [5.41, 5.74) is 1.61. The largest absolute Gasteiger partial charge is 0.488 e. The summed E-state index contributed by atoms with van der Waals surface area (Å²) in [5, 5.41) is 15.5. The van der Waals surface area contributed by atoms with E-state index >= 15 is 0 Å². The van der Waals surface area contributed by atoms with E-state index in [1.54, 1.807) is 30.3 Å². The summed E-state index contributed by atoms with van der Waals surface area (Å²) in [6, 6.07) is 13.3. The summed E-state index contributed by atoms with van der Waals surface area (Å²) in [7, 11) is 0. The molecule has 30 heavy (non-hydrogen) atoms. The molecule has 2 aliphatic rings. The normalized spacial score (nSPS) is 17.3. The van der Waals surface area contributed by atoms with Crippen LogP contribution in [-0.2, 0) is 11.4 Å². The predicted molar refractivity (Wildman–Crippen MR) is 117 cm³/mol. The van der Waals surface area contributed by atoms with Crippen molar-refractivity contribution in [1.29, 1.82) is 5.41 Å². The Morgan fingerprint density at radius 2 is 1.93 bits per heavy atom. The predicted octanol–water partition coefficient (Wildman–Crippen LogP) is 4.68. The Morgan fingerprint density at radius 1 is 1.20 bits per heavy atom. The smallest absolute Gasteiger partial charge is 0.283 e. The van der Waals surface area contributed by atoms with Crippen molar-refractivity contribution in [3.8, 4) is 5.75 Å². The van der Waals surface area contributed by atoms with Gasteiger partial charge in [-0.05, 0) is 41.6 Å². The molecule has 6 nitrogen and oxygen atoms in total. The van der Waals surface area contributed by atoms with Crippen LogP contribution in [0, 0.1) is 17.1 Å². The fourth-order valence-electron chi connectivity index (χ4n) is 2.87. The van der Waals surface area contributed by atoms with Crippen molar-refractivity contribution < 1.29 is 13.9 Å². The number of amides is 1. The Bertz CT molecular complexity index is 1110. The molecule has 0 aliphatic carbocycles. The lowest BCUT2D eigenvalue weighted by molar-refractivity contribution is -0.114. The Kier molecular flexibility index (Phi) is 5.50. The molecule has 0 aromatic heterocycles. The first-order valence-electron chi connectivity index (χ1n) is 9.39. The third kappa shape index (κ3) is 4.04. The SMILES string of the molecule is CC(C)C1=NN2C(=N)/C(=C/c3ccccc3OCc3ccc(F)cc3)C(=O)N=C2S1. The lowest BCUT2D eigenvalue weighted by Crippen LogP contribution is -2.35. The second-order valence-corrected chi connectivity index (χ2v) is 8.05. The van der Waals surface area contributed by atoms with Crippen LogP contribution in [0.5, 0.6) is 5.75 Å². The number of nitrogens with one attached hydrogen (secondary N) is 1. The van der Waals surface area contributed by atoms with Crippen molar-refractivity contribution >= 4 is 39.8 Å². The number of thioether (sulfide) groups is 1. The highest BCUT2D eigenvalue weighted by atomic mass is 32.2. The van der Waals surface area contributed by atoms with Crippen LogP contribution in [0.2, 0.25) is 0 Å². The number of para-hydroxylation sites is 1. The van der Waals surface area contributed by atoms with Gasteiger partial charge in [-0.2, -0.15) is 15.1 Å². The van der Waals surface area contributed by atoms with Crippen LogP contribution in [-0.4, -0.2) is 27.0 Å². The Balaban J connectivity index is 1.60. The van der Waals surface area contributed by atoms with Crippen molar-refractivity contribution in [2.75, 3.05) is 0 Å². The van der Waals surface area contributed by atoms with Gasteiger partial charge in [0.2, 0.25) is 5.17 Å². The number of fused-ring (bicyclic) bond motifs is 1. The van der Waals surface area contributed by atoms with E-state index in [0.717, 1.165) is 10.6 Å². The van der Waals surface area contributed by atoms with Gasteiger partial charge in [-0.1, -0.05) is 44.2 Å². The lowest BCUT2D eigenvalue weighted by atomic mass is 10.1. The number of rotatable bonds is 5. The van der Waals surface area contributed by atoms with Crippen molar-refractivity contribution in [2.24, 2.45) is 16.0 Å². The van der Waals surface area contributed by atoms with Crippen LogP contribution < -0.4 is 4.74 Å². The summed E-state index contributed by atoms with van der Waals surface area (Å²) in [5.74, 6) is -0.0682. The topological polar surface area (TPSA) is 78.1 Å². The Morgan fingerprint density at radius 3 is 2.67 bits per heavy atom. The van der Waals surface area contributed by atoms with Gasteiger partial charge in [0.1, 0.15) is 23.2 Å². The molecular formula is C22H19FN4O2S. The number of benzene rings is 2. The third-order valence-corrected chi connectivity index (χ3v) is 5.70. The van der Waals surface area contributed by atoms with Gasteiger partial charge in [-0.3, -0.25) is 10.2 Å². The first-order chi connectivity index (χ1) is 14.4. The molecule has 1 N–H and O–H groups in total. The quantitative estimate of drug-likeness (QED) is 0.710. The van der Waals surface area contributed by atoms with E-state index in [9.17, 15) is 9.18 Å². The van der Waals surface area contributed by atoms with Crippen LogP contribution in [0.1, 0.15) is 25.0 Å². The molecule has 2 aliphatic heterocycles. The van der Waals surface area contributed by atoms with Gasteiger partial charge in [0.05, 0.1) is 5.57 Å². The number of carbonyl (C=O) groups is 1. The van der Waals surface area contributed by atoms with E-state index in [1.165, 1.54) is 28.9 Å². The van der Waals surface area contributed by atoms with E-state index < -0.39 is 5.91 Å². The monoisotopic (exact) mass is 422 g/mol. The summed E-state index contributed by atoms with van der Waals surface area (Å²) in [4.78, 5) is 16.7. The number of halogens is 1. The molecule has 0 bridgehead atoms. The van der Waals surface area contributed by atoms with Crippen LogP contribution >= 0.6 is 11.8 Å². The number of hydrazone groups is 1. The minimum atomic E-state index is -0.479. The first-order valence-corrected chi connectivity index (χ1v) is 10.2. The molecule has 0 atom stereocenters.